The highest BCUT2D eigenvalue weighted by atomic mass is 79.9. The Morgan fingerprint density at radius 2 is 2.21 bits per heavy atom. The maximum Gasteiger partial charge on any atom is 0.293 e. The molecule has 1 aromatic rings. The summed E-state index contributed by atoms with van der Waals surface area (Å²) in [7, 11) is 0. The summed E-state index contributed by atoms with van der Waals surface area (Å²) in [5.41, 5.74) is 5.77. The molecule has 0 aromatic heterocycles. The maximum absolute atomic E-state index is 11.9. The zero-order valence-corrected chi connectivity index (χ0v) is 12.3. The molecule has 0 fully saturated rings. The van der Waals surface area contributed by atoms with E-state index in [0.29, 0.717) is 4.47 Å². The fraction of sp³-hybridized carbons (Fsp3) is 0.417. The highest BCUT2D eigenvalue weighted by Crippen LogP contribution is 2.28. The molecule has 0 radical (unpaired) electrons. The Morgan fingerprint density at radius 1 is 1.58 bits per heavy atom. The van der Waals surface area contributed by atoms with Gasteiger partial charge in [0.2, 0.25) is 5.91 Å². The predicted octanol–water partition coefficient (Wildman–Crippen LogP) is 2.67. The molecule has 6 nitrogen and oxygen atoms in total. The lowest BCUT2D eigenvalue weighted by molar-refractivity contribution is -0.384. The van der Waals surface area contributed by atoms with Crippen molar-refractivity contribution in [3.63, 3.8) is 0 Å². The Kier molecular flexibility index (Phi) is 5.44. The molecule has 1 amide bonds. The van der Waals surface area contributed by atoms with Gasteiger partial charge in [-0.1, -0.05) is 36.2 Å². The average molecular weight is 330 g/mol. The van der Waals surface area contributed by atoms with Crippen LogP contribution < -0.4 is 11.1 Å². The standard InChI is InChI=1S/C12H16BrN3O3/c1-3-7(2)11(14)12(17)15-9-5-4-8(13)6-10(9)16(18)19/h4-7,11H,3,14H2,1-2H3,(H,15,17). The van der Waals surface area contributed by atoms with Crippen LogP contribution in [0.2, 0.25) is 0 Å². The number of hydrogen-bond donors (Lipinski definition) is 2. The van der Waals surface area contributed by atoms with Crippen LogP contribution in [0.3, 0.4) is 0 Å². The summed E-state index contributed by atoms with van der Waals surface area (Å²) in [5, 5.41) is 13.4. The number of carbonyl (C=O) groups excluding carboxylic acids is 1. The quantitative estimate of drug-likeness (QED) is 0.640. The number of halogens is 1. The van der Waals surface area contributed by atoms with Crippen molar-refractivity contribution in [3.8, 4) is 0 Å². The van der Waals surface area contributed by atoms with Gasteiger partial charge in [0, 0.05) is 10.5 Å². The third kappa shape index (κ3) is 4.00. The maximum atomic E-state index is 11.9. The van der Waals surface area contributed by atoms with E-state index in [1.165, 1.54) is 12.1 Å². The van der Waals surface area contributed by atoms with Crippen LogP contribution in [-0.2, 0) is 4.79 Å². The molecule has 1 rings (SSSR count). The summed E-state index contributed by atoms with van der Waals surface area (Å²) in [5.74, 6) is -0.408. The molecule has 0 aliphatic carbocycles. The molecule has 104 valence electrons. The number of hydrogen-bond acceptors (Lipinski definition) is 4. The normalized spacial score (nSPS) is 13.7. The van der Waals surface area contributed by atoms with E-state index in [1.54, 1.807) is 6.07 Å². The first-order valence-corrected chi connectivity index (χ1v) is 6.66. The SMILES string of the molecule is CCC(C)C(N)C(=O)Nc1ccc(Br)cc1[N+](=O)[O-]. The number of anilines is 1. The molecule has 0 saturated heterocycles. The van der Waals surface area contributed by atoms with Crippen LogP contribution in [-0.4, -0.2) is 16.9 Å². The molecule has 2 unspecified atom stereocenters. The van der Waals surface area contributed by atoms with E-state index in [-0.39, 0.29) is 17.3 Å². The molecule has 7 heteroatoms. The number of nitrogens with zero attached hydrogens (tertiary/aromatic N) is 1. The Morgan fingerprint density at radius 3 is 2.74 bits per heavy atom. The summed E-state index contributed by atoms with van der Waals surface area (Å²) in [6.07, 6.45) is 0.761. The van der Waals surface area contributed by atoms with Gasteiger partial charge in [0.05, 0.1) is 11.0 Å². The van der Waals surface area contributed by atoms with Crippen LogP contribution in [0, 0.1) is 16.0 Å². The average Bonchev–Trinajstić information content (AvgIpc) is 2.38. The molecular weight excluding hydrogens is 314 g/mol. The van der Waals surface area contributed by atoms with Gasteiger partial charge in [-0.3, -0.25) is 14.9 Å². The Balaban J connectivity index is 2.94. The van der Waals surface area contributed by atoms with Gasteiger partial charge in [-0.2, -0.15) is 0 Å². The minimum atomic E-state index is -0.687. The highest BCUT2D eigenvalue weighted by Gasteiger charge is 2.22. The molecule has 2 atom stereocenters. The van der Waals surface area contributed by atoms with Crippen molar-refractivity contribution in [2.75, 3.05) is 5.32 Å². The first-order valence-electron chi connectivity index (χ1n) is 5.87. The van der Waals surface area contributed by atoms with Crippen LogP contribution in [0.25, 0.3) is 0 Å². The van der Waals surface area contributed by atoms with Gasteiger partial charge in [-0.15, -0.1) is 0 Å². The first-order chi connectivity index (χ1) is 8.86. The van der Waals surface area contributed by atoms with Gasteiger partial charge in [0.25, 0.3) is 5.69 Å². The topological polar surface area (TPSA) is 98.3 Å². The highest BCUT2D eigenvalue weighted by molar-refractivity contribution is 9.10. The second kappa shape index (κ2) is 6.63. The van der Waals surface area contributed by atoms with Crippen LogP contribution in [0.15, 0.2) is 22.7 Å². The fourth-order valence-corrected chi connectivity index (χ4v) is 1.84. The minimum Gasteiger partial charge on any atom is -0.320 e. The van der Waals surface area contributed by atoms with Gasteiger partial charge < -0.3 is 11.1 Å². The van der Waals surface area contributed by atoms with Crippen molar-refractivity contribution in [1.29, 1.82) is 0 Å². The summed E-state index contributed by atoms with van der Waals surface area (Å²) >= 11 is 3.15. The van der Waals surface area contributed by atoms with Crippen molar-refractivity contribution in [3.05, 3.63) is 32.8 Å². The van der Waals surface area contributed by atoms with E-state index in [1.807, 2.05) is 13.8 Å². The van der Waals surface area contributed by atoms with Crippen LogP contribution in [0.1, 0.15) is 20.3 Å². The Labute approximate surface area is 119 Å². The van der Waals surface area contributed by atoms with Gasteiger partial charge in [-0.05, 0) is 18.1 Å². The Hall–Kier alpha value is -1.47. The lowest BCUT2D eigenvalue weighted by Gasteiger charge is -2.17. The molecule has 19 heavy (non-hydrogen) atoms. The first kappa shape index (κ1) is 15.6. The molecule has 0 bridgehead atoms. The van der Waals surface area contributed by atoms with Crippen molar-refractivity contribution < 1.29 is 9.72 Å². The molecule has 0 heterocycles. The van der Waals surface area contributed by atoms with E-state index in [4.69, 9.17) is 5.73 Å². The zero-order chi connectivity index (χ0) is 14.6. The van der Waals surface area contributed by atoms with Gasteiger partial charge >= 0.3 is 0 Å². The van der Waals surface area contributed by atoms with E-state index < -0.39 is 16.9 Å². The van der Waals surface area contributed by atoms with Crippen LogP contribution in [0.5, 0.6) is 0 Å². The molecule has 0 aliphatic rings. The number of benzene rings is 1. The number of nitro groups is 1. The number of rotatable bonds is 5. The van der Waals surface area contributed by atoms with Crippen LogP contribution in [0.4, 0.5) is 11.4 Å². The van der Waals surface area contributed by atoms with Gasteiger partial charge in [0.1, 0.15) is 5.69 Å². The lowest BCUT2D eigenvalue weighted by Crippen LogP contribution is -2.40. The second-order valence-corrected chi connectivity index (χ2v) is 5.23. The summed E-state index contributed by atoms with van der Waals surface area (Å²) < 4.78 is 0.573. The summed E-state index contributed by atoms with van der Waals surface area (Å²) in [6, 6.07) is 3.75. The van der Waals surface area contributed by atoms with E-state index in [9.17, 15) is 14.9 Å². The Bertz CT molecular complexity index is 493. The number of amides is 1. The monoisotopic (exact) mass is 329 g/mol. The van der Waals surface area contributed by atoms with E-state index in [2.05, 4.69) is 21.2 Å². The number of nitro benzene ring substituents is 1. The van der Waals surface area contributed by atoms with Crippen molar-refractivity contribution in [1.82, 2.24) is 0 Å². The zero-order valence-electron chi connectivity index (χ0n) is 10.7. The molecule has 0 spiro atoms. The minimum absolute atomic E-state index is 0.00880. The van der Waals surface area contributed by atoms with Crippen molar-refractivity contribution in [2.45, 2.75) is 26.3 Å². The van der Waals surface area contributed by atoms with Gasteiger partial charge in [0.15, 0.2) is 0 Å². The number of nitrogens with one attached hydrogen (secondary N) is 1. The van der Waals surface area contributed by atoms with Crippen molar-refractivity contribution >= 4 is 33.2 Å². The van der Waals surface area contributed by atoms with E-state index in [0.717, 1.165) is 6.42 Å². The largest absolute Gasteiger partial charge is 0.320 e. The van der Waals surface area contributed by atoms with E-state index >= 15 is 0 Å². The van der Waals surface area contributed by atoms with Crippen LogP contribution >= 0.6 is 15.9 Å². The molecule has 3 N–H and O–H groups in total. The fourth-order valence-electron chi connectivity index (χ4n) is 1.49. The molecular formula is C12H16BrN3O3. The van der Waals surface area contributed by atoms with Crippen molar-refractivity contribution in [2.24, 2.45) is 11.7 Å². The molecule has 0 aliphatic heterocycles. The molecule has 0 saturated carbocycles. The smallest absolute Gasteiger partial charge is 0.293 e. The molecule has 1 aromatic carbocycles. The third-order valence-electron chi connectivity index (χ3n) is 2.97. The third-order valence-corrected chi connectivity index (χ3v) is 3.47. The number of nitrogens with two attached hydrogens (primary N) is 1. The second-order valence-electron chi connectivity index (χ2n) is 4.32. The number of carbonyl (C=O) groups is 1. The summed E-state index contributed by atoms with van der Waals surface area (Å²) in [4.78, 5) is 22.3. The predicted molar refractivity (Wildman–Crippen MR) is 76.9 cm³/mol. The van der Waals surface area contributed by atoms with Gasteiger partial charge in [-0.25, -0.2) is 0 Å². The lowest BCUT2D eigenvalue weighted by atomic mass is 9.99. The summed E-state index contributed by atoms with van der Waals surface area (Å²) in [6.45, 7) is 3.79.